The Hall–Kier alpha value is -3.39. The highest BCUT2D eigenvalue weighted by molar-refractivity contribution is 5.93. The summed E-state index contributed by atoms with van der Waals surface area (Å²) in [6, 6.07) is 13.0. The van der Waals surface area contributed by atoms with Crippen molar-refractivity contribution in [3.05, 3.63) is 64.1 Å². The second kappa shape index (κ2) is 8.77. The number of piperazine rings is 1. The van der Waals surface area contributed by atoms with Crippen LogP contribution in [0.15, 0.2) is 51.7 Å². The molecule has 0 spiro atoms. The van der Waals surface area contributed by atoms with Gasteiger partial charge in [-0.2, -0.15) is 0 Å². The smallest absolute Gasteiger partial charge is 0.408 e. The predicted octanol–water partition coefficient (Wildman–Crippen LogP) is 1.99. The van der Waals surface area contributed by atoms with E-state index in [9.17, 15) is 14.4 Å². The zero-order valence-corrected chi connectivity index (χ0v) is 17.8. The van der Waals surface area contributed by atoms with Crippen molar-refractivity contribution in [1.82, 2.24) is 14.4 Å². The molecule has 8 nitrogen and oxygen atoms in total. The van der Waals surface area contributed by atoms with Crippen LogP contribution in [0.3, 0.4) is 0 Å². The fourth-order valence-corrected chi connectivity index (χ4v) is 3.95. The van der Waals surface area contributed by atoms with E-state index in [1.807, 2.05) is 36.9 Å². The standard InChI is InChI=1S/C23H26N4O4/c1-16-6-5-7-17(2)22(16)24-20(28)14-25-10-12-26(13-11-25)21(29)15-27-18-8-3-4-9-19(18)31-23(27)30/h3-9H,10-15H2,1-2H3,(H,24,28). The minimum Gasteiger partial charge on any atom is -0.408 e. The first-order chi connectivity index (χ1) is 14.9. The van der Waals surface area contributed by atoms with E-state index in [2.05, 4.69) is 5.32 Å². The molecule has 0 saturated carbocycles. The summed E-state index contributed by atoms with van der Waals surface area (Å²) in [5, 5.41) is 3.00. The van der Waals surface area contributed by atoms with E-state index < -0.39 is 5.76 Å². The molecule has 2 amide bonds. The molecule has 0 bridgehead atoms. The molecule has 31 heavy (non-hydrogen) atoms. The number of oxazole rings is 1. The Labute approximate surface area is 180 Å². The number of benzene rings is 2. The van der Waals surface area contributed by atoms with Gasteiger partial charge in [0.25, 0.3) is 0 Å². The number of fused-ring (bicyclic) bond motifs is 1. The lowest BCUT2D eigenvalue weighted by molar-refractivity contribution is -0.133. The second-order valence-corrected chi connectivity index (χ2v) is 7.89. The second-order valence-electron chi connectivity index (χ2n) is 7.89. The van der Waals surface area contributed by atoms with Gasteiger partial charge in [-0.15, -0.1) is 0 Å². The fourth-order valence-electron chi connectivity index (χ4n) is 3.95. The van der Waals surface area contributed by atoms with Crippen LogP contribution in [0, 0.1) is 13.8 Å². The van der Waals surface area contributed by atoms with E-state index in [0.717, 1.165) is 16.8 Å². The molecule has 1 aliphatic heterocycles. The quantitative estimate of drug-likeness (QED) is 0.680. The zero-order valence-electron chi connectivity index (χ0n) is 17.8. The highest BCUT2D eigenvalue weighted by Gasteiger charge is 2.24. The van der Waals surface area contributed by atoms with E-state index in [-0.39, 0.29) is 24.9 Å². The third-order valence-electron chi connectivity index (χ3n) is 5.70. The zero-order chi connectivity index (χ0) is 22.0. The van der Waals surface area contributed by atoms with Gasteiger partial charge in [-0.05, 0) is 37.1 Å². The number of aryl methyl sites for hydroxylation is 2. The fraction of sp³-hybridized carbons (Fsp3) is 0.348. The van der Waals surface area contributed by atoms with Gasteiger partial charge in [-0.25, -0.2) is 4.79 Å². The van der Waals surface area contributed by atoms with Gasteiger partial charge in [0.1, 0.15) is 6.54 Å². The molecule has 1 aliphatic rings. The average molecular weight is 422 g/mol. The highest BCUT2D eigenvalue weighted by Crippen LogP contribution is 2.19. The van der Waals surface area contributed by atoms with E-state index in [4.69, 9.17) is 4.42 Å². The minimum atomic E-state index is -0.531. The molecular weight excluding hydrogens is 396 g/mol. The van der Waals surface area contributed by atoms with Crippen LogP contribution in [-0.2, 0) is 16.1 Å². The van der Waals surface area contributed by atoms with Crippen molar-refractivity contribution in [3.8, 4) is 0 Å². The molecule has 8 heteroatoms. The molecule has 0 radical (unpaired) electrons. The lowest BCUT2D eigenvalue weighted by Crippen LogP contribution is -2.51. The SMILES string of the molecule is Cc1cccc(C)c1NC(=O)CN1CCN(C(=O)Cn2c(=O)oc3ccccc32)CC1. The molecule has 1 aromatic heterocycles. The molecule has 1 saturated heterocycles. The number of hydrogen-bond donors (Lipinski definition) is 1. The van der Waals surface area contributed by atoms with Crippen molar-refractivity contribution in [2.24, 2.45) is 0 Å². The number of para-hydroxylation sites is 3. The van der Waals surface area contributed by atoms with Crippen molar-refractivity contribution < 1.29 is 14.0 Å². The molecule has 4 rings (SSSR count). The van der Waals surface area contributed by atoms with Gasteiger partial charge in [0, 0.05) is 31.9 Å². The normalized spacial score (nSPS) is 14.7. The van der Waals surface area contributed by atoms with Gasteiger partial charge in [0.05, 0.1) is 12.1 Å². The Morgan fingerprint density at radius 2 is 1.61 bits per heavy atom. The summed E-state index contributed by atoms with van der Waals surface area (Å²) < 4.78 is 6.56. The number of amides is 2. The summed E-state index contributed by atoms with van der Waals surface area (Å²) in [6.07, 6.45) is 0. The molecule has 0 aliphatic carbocycles. The molecular formula is C23H26N4O4. The largest absolute Gasteiger partial charge is 0.420 e. The number of carbonyl (C=O) groups is 2. The Bertz CT molecular complexity index is 1150. The molecule has 2 heterocycles. The Balaban J connectivity index is 1.31. The molecule has 1 N–H and O–H groups in total. The third kappa shape index (κ3) is 4.54. The maximum Gasteiger partial charge on any atom is 0.420 e. The number of anilines is 1. The predicted molar refractivity (Wildman–Crippen MR) is 118 cm³/mol. The summed E-state index contributed by atoms with van der Waals surface area (Å²) in [5.74, 6) is -0.724. The summed E-state index contributed by atoms with van der Waals surface area (Å²) in [6.45, 7) is 6.41. The van der Waals surface area contributed by atoms with Crippen LogP contribution in [0.4, 0.5) is 5.69 Å². The molecule has 0 atom stereocenters. The van der Waals surface area contributed by atoms with Gasteiger partial charge in [0.15, 0.2) is 5.58 Å². The van der Waals surface area contributed by atoms with Crippen molar-refractivity contribution in [1.29, 1.82) is 0 Å². The van der Waals surface area contributed by atoms with E-state index in [1.54, 1.807) is 29.2 Å². The van der Waals surface area contributed by atoms with Crippen molar-refractivity contribution >= 4 is 28.6 Å². The van der Waals surface area contributed by atoms with E-state index in [0.29, 0.717) is 37.3 Å². The van der Waals surface area contributed by atoms with Crippen LogP contribution < -0.4 is 11.1 Å². The number of rotatable bonds is 5. The van der Waals surface area contributed by atoms with Gasteiger partial charge in [-0.3, -0.25) is 19.1 Å². The van der Waals surface area contributed by atoms with Crippen LogP contribution in [0.2, 0.25) is 0 Å². The number of hydrogen-bond acceptors (Lipinski definition) is 5. The monoisotopic (exact) mass is 422 g/mol. The van der Waals surface area contributed by atoms with Gasteiger partial charge < -0.3 is 14.6 Å². The Kier molecular flexibility index (Phi) is 5.90. The first-order valence-electron chi connectivity index (χ1n) is 10.4. The maximum absolute atomic E-state index is 12.7. The number of aromatic nitrogens is 1. The van der Waals surface area contributed by atoms with Crippen LogP contribution >= 0.6 is 0 Å². The molecule has 2 aromatic carbocycles. The summed E-state index contributed by atoms with van der Waals surface area (Å²) in [4.78, 5) is 41.1. The number of nitrogens with one attached hydrogen (secondary N) is 1. The summed E-state index contributed by atoms with van der Waals surface area (Å²) in [7, 11) is 0. The molecule has 162 valence electrons. The lowest BCUT2D eigenvalue weighted by Gasteiger charge is -2.34. The van der Waals surface area contributed by atoms with E-state index in [1.165, 1.54) is 4.57 Å². The maximum atomic E-state index is 12.7. The number of carbonyl (C=O) groups excluding carboxylic acids is 2. The lowest BCUT2D eigenvalue weighted by atomic mass is 10.1. The van der Waals surface area contributed by atoms with Gasteiger partial charge in [-0.1, -0.05) is 30.3 Å². The third-order valence-corrected chi connectivity index (χ3v) is 5.70. The van der Waals surface area contributed by atoms with Gasteiger partial charge >= 0.3 is 5.76 Å². The van der Waals surface area contributed by atoms with Crippen molar-refractivity contribution in [2.45, 2.75) is 20.4 Å². The van der Waals surface area contributed by atoms with Crippen molar-refractivity contribution in [2.75, 3.05) is 38.0 Å². The number of nitrogens with zero attached hydrogens (tertiary/aromatic N) is 3. The minimum absolute atomic E-state index is 0.0527. The van der Waals surface area contributed by atoms with E-state index >= 15 is 0 Å². The van der Waals surface area contributed by atoms with Crippen LogP contribution in [0.5, 0.6) is 0 Å². The summed E-state index contributed by atoms with van der Waals surface area (Å²) >= 11 is 0. The summed E-state index contributed by atoms with van der Waals surface area (Å²) in [5.41, 5.74) is 4.01. The topological polar surface area (TPSA) is 87.8 Å². The first kappa shape index (κ1) is 20.9. The molecule has 1 fully saturated rings. The van der Waals surface area contributed by atoms with Crippen molar-refractivity contribution in [3.63, 3.8) is 0 Å². The molecule has 3 aromatic rings. The van der Waals surface area contributed by atoms with Crippen LogP contribution in [0.1, 0.15) is 11.1 Å². The molecule has 0 unspecified atom stereocenters. The van der Waals surface area contributed by atoms with Gasteiger partial charge in [0.2, 0.25) is 11.8 Å². The Morgan fingerprint density at radius 3 is 2.32 bits per heavy atom. The van der Waals surface area contributed by atoms with Crippen LogP contribution in [0.25, 0.3) is 11.1 Å². The van der Waals surface area contributed by atoms with Crippen LogP contribution in [-0.4, -0.2) is 58.9 Å². The highest BCUT2D eigenvalue weighted by atomic mass is 16.4. The Morgan fingerprint density at radius 1 is 0.935 bits per heavy atom. The first-order valence-corrected chi connectivity index (χ1v) is 10.4. The average Bonchev–Trinajstić information content (AvgIpc) is 3.06.